The van der Waals surface area contributed by atoms with Crippen LogP contribution >= 0.6 is 0 Å². The maximum Gasteiger partial charge on any atom is 0.303 e. The third kappa shape index (κ3) is 6.36. The van der Waals surface area contributed by atoms with Crippen LogP contribution in [-0.4, -0.2) is 61.8 Å². The molecule has 0 aromatic rings. The van der Waals surface area contributed by atoms with E-state index in [-0.39, 0.29) is 13.2 Å². The van der Waals surface area contributed by atoms with E-state index in [4.69, 9.17) is 29.2 Å². The van der Waals surface area contributed by atoms with Gasteiger partial charge in [0, 0.05) is 25.7 Å². The molecular weight excluding hydrogens is 350 g/mol. The standard InChI is InChI=1S/C15H21N3O8/c1-5-6-22-15-12(17-18-16)14(25-10(4)21)13(24-9(3)20)11(26-15)7-23-8(2)19/h5,11-15H,1,6-7H2,2-4H3/t11?,12?,13-,14+,15-/m0/s1. The highest BCUT2D eigenvalue weighted by Gasteiger charge is 2.50. The predicted octanol–water partition coefficient (Wildman–Crippen LogP) is 1.02. The van der Waals surface area contributed by atoms with Crippen LogP contribution in [0.3, 0.4) is 0 Å². The minimum atomic E-state index is -1.20. The summed E-state index contributed by atoms with van der Waals surface area (Å²) in [4.78, 5) is 36.8. The highest BCUT2D eigenvalue weighted by molar-refractivity contribution is 5.68. The Kier molecular flexibility index (Phi) is 8.56. The van der Waals surface area contributed by atoms with E-state index in [2.05, 4.69) is 16.6 Å². The Labute approximate surface area is 149 Å². The lowest BCUT2D eigenvalue weighted by Crippen LogP contribution is -2.61. The molecule has 0 bridgehead atoms. The number of hydrogen-bond donors (Lipinski definition) is 0. The Morgan fingerprint density at radius 2 is 1.77 bits per heavy atom. The van der Waals surface area contributed by atoms with Gasteiger partial charge in [-0.15, -0.1) is 6.58 Å². The molecule has 0 aliphatic carbocycles. The summed E-state index contributed by atoms with van der Waals surface area (Å²) in [5.74, 6) is -1.96. The maximum atomic E-state index is 11.5. The number of carbonyl (C=O) groups is 3. The van der Waals surface area contributed by atoms with Crippen molar-refractivity contribution in [3.63, 3.8) is 0 Å². The van der Waals surface area contributed by atoms with E-state index in [1.54, 1.807) is 0 Å². The summed E-state index contributed by atoms with van der Waals surface area (Å²) in [6.45, 7) is 6.76. The zero-order valence-corrected chi connectivity index (χ0v) is 14.7. The third-order valence-electron chi connectivity index (χ3n) is 3.23. The van der Waals surface area contributed by atoms with Crippen LogP contribution in [0.25, 0.3) is 10.4 Å². The molecule has 144 valence electrons. The van der Waals surface area contributed by atoms with E-state index in [1.807, 2.05) is 0 Å². The molecule has 0 saturated carbocycles. The van der Waals surface area contributed by atoms with E-state index in [1.165, 1.54) is 13.0 Å². The average molecular weight is 371 g/mol. The number of ether oxygens (including phenoxy) is 5. The number of hydrogen-bond acceptors (Lipinski definition) is 9. The number of nitrogens with zero attached hydrogens (tertiary/aromatic N) is 3. The summed E-state index contributed by atoms with van der Waals surface area (Å²) in [6, 6.07) is -1.14. The Morgan fingerprint density at radius 3 is 2.27 bits per heavy atom. The van der Waals surface area contributed by atoms with Gasteiger partial charge < -0.3 is 23.7 Å². The number of azide groups is 1. The van der Waals surface area contributed by atoms with Crippen molar-refractivity contribution in [1.29, 1.82) is 0 Å². The Morgan fingerprint density at radius 1 is 1.15 bits per heavy atom. The van der Waals surface area contributed by atoms with Gasteiger partial charge in [-0.3, -0.25) is 14.4 Å². The summed E-state index contributed by atoms with van der Waals surface area (Å²) in [7, 11) is 0. The fourth-order valence-corrected chi connectivity index (χ4v) is 2.37. The fraction of sp³-hybridized carbons (Fsp3) is 0.667. The highest BCUT2D eigenvalue weighted by Crippen LogP contribution is 2.29. The Bertz CT molecular complexity index is 589. The SMILES string of the molecule is C=CCO[C@H]1OC(COC(C)=O)[C@H](OC(C)=O)[C@H](OC(C)=O)C1N=[N+]=[N-]. The van der Waals surface area contributed by atoms with E-state index < -0.39 is 48.6 Å². The zero-order valence-electron chi connectivity index (χ0n) is 14.7. The van der Waals surface area contributed by atoms with Gasteiger partial charge in [0.25, 0.3) is 0 Å². The lowest BCUT2D eigenvalue weighted by molar-refractivity contribution is -0.271. The van der Waals surface area contributed by atoms with Crippen LogP contribution in [0.2, 0.25) is 0 Å². The topological polar surface area (TPSA) is 146 Å². The van der Waals surface area contributed by atoms with E-state index in [0.29, 0.717) is 0 Å². The Hall–Kier alpha value is -2.62. The average Bonchev–Trinajstić information content (AvgIpc) is 2.54. The second-order valence-corrected chi connectivity index (χ2v) is 5.31. The van der Waals surface area contributed by atoms with Gasteiger partial charge in [-0.05, 0) is 5.53 Å². The first-order chi connectivity index (χ1) is 12.3. The van der Waals surface area contributed by atoms with E-state index in [9.17, 15) is 14.4 Å². The molecule has 11 heteroatoms. The summed E-state index contributed by atoms with van der Waals surface area (Å²) < 4.78 is 26.4. The number of carbonyl (C=O) groups excluding carboxylic acids is 3. The van der Waals surface area contributed by atoms with E-state index >= 15 is 0 Å². The van der Waals surface area contributed by atoms with E-state index in [0.717, 1.165) is 13.8 Å². The van der Waals surface area contributed by atoms with Crippen LogP contribution in [0.15, 0.2) is 17.8 Å². The van der Waals surface area contributed by atoms with Crippen molar-refractivity contribution in [2.45, 2.75) is 51.4 Å². The molecule has 26 heavy (non-hydrogen) atoms. The largest absolute Gasteiger partial charge is 0.463 e. The third-order valence-corrected chi connectivity index (χ3v) is 3.23. The lowest BCUT2D eigenvalue weighted by atomic mass is 9.97. The maximum absolute atomic E-state index is 11.5. The second-order valence-electron chi connectivity index (χ2n) is 5.31. The summed E-state index contributed by atoms with van der Waals surface area (Å²) in [5.41, 5.74) is 8.83. The van der Waals surface area contributed by atoms with Gasteiger partial charge in [-0.25, -0.2) is 0 Å². The van der Waals surface area contributed by atoms with Crippen LogP contribution in [0.1, 0.15) is 20.8 Å². The quantitative estimate of drug-likeness (QED) is 0.153. The first kappa shape index (κ1) is 21.4. The molecule has 1 aliphatic rings. The molecule has 1 rings (SSSR count). The molecule has 0 aromatic heterocycles. The molecule has 5 atom stereocenters. The van der Waals surface area contributed by atoms with Gasteiger partial charge in [-0.1, -0.05) is 11.2 Å². The minimum absolute atomic E-state index is 0.0490. The lowest BCUT2D eigenvalue weighted by Gasteiger charge is -2.43. The molecule has 0 radical (unpaired) electrons. The molecule has 1 saturated heterocycles. The molecular formula is C15H21N3O8. The summed E-state index contributed by atoms with van der Waals surface area (Å²) >= 11 is 0. The first-order valence-electron chi connectivity index (χ1n) is 7.70. The van der Waals surface area contributed by atoms with Crippen LogP contribution in [0.5, 0.6) is 0 Å². The van der Waals surface area contributed by atoms with Crippen LogP contribution in [-0.2, 0) is 38.1 Å². The normalized spacial score (nSPS) is 27.6. The molecule has 2 unspecified atom stereocenters. The van der Waals surface area contributed by atoms with Crippen molar-refractivity contribution < 1.29 is 38.1 Å². The monoisotopic (exact) mass is 371 g/mol. The van der Waals surface area contributed by atoms with Crippen molar-refractivity contribution in [2.24, 2.45) is 5.11 Å². The van der Waals surface area contributed by atoms with Crippen LogP contribution in [0.4, 0.5) is 0 Å². The molecule has 1 fully saturated rings. The van der Waals surface area contributed by atoms with Crippen molar-refractivity contribution in [3.05, 3.63) is 23.1 Å². The fourth-order valence-electron chi connectivity index (χ4n) is 2.37. The van der Waals surface area contributed by atoms with Gasteiger partial charge >= 0.3 is 17.9 Å². The summed E-state index contributed by atoms with van der Waals surface area (Å²) in [6.07, 6.45) is -3.07. The molecule has 0 aromatic carbocycles. The molecule has 1 aliphatic heterocycles. The zero-order chi connectivity index (χ0) is 19.7. The number of esters is 3. The second kappa shape index (κ2) is 10.4. The molecule has 0 spiro atoms. The van der Waals surface area contributed by atoms with Gasteiger partial charge in [-0.2, -0.15) is 0 Å². The molecule has 11 nitrogen and oxygen atoms in total. The summed E-state index contributed by atoms with van der Waals surface area (Å²) in [5, 5.41) is 3.56. The van der Waals surface area contributed by atoms with Gasteiger partial charge in [0.1, 0.15) is 18.8 Å². The van der Waals surface area contributed by atoms with Gasteiger partial charge in [0.15, 0.2) is 18.5 Å². The smallest absolute Gasteiger partial charge is 0.303 e. The number of rotatable bonds is 8. The predicted molar refractivity (Wildman–Crippen MR) is 85.5 cm³/mol. The van der Waals surface area contributed by atoms with Crippen molar-refractivity contribution in [3.8, 4) is 0 Å². The van der Waals surface area contributed by atoms with Crippen molar-refractivity contribution >= 4 is 17.9 Å². The molecule has 1 heterocycles. The van der Waals surface area contributed by atoms with Crippen LogP contribution < -0.4 is 0 Å². The molecule has 0 N–H and O–H groups in total. The van der Waals surface area contributed by atoms with Gasteiger partial charge in [0.05, 0.1) is 6.61 Å². The van der Waals surface area contributed by atoms with Crippen molar-refractivity contribution in [2.75, 3.05) is 13.2 Å². The first-order valence-corrected chi connectivity index (χ1v) is 7.70. The molecule has 0 amide bonds. The van der Waals surface area contributed by atoms with Crippen molar-refractivity contribution in [1.82, 2.24) is 0 Å². The highest BCUT2D eigenvalue weighted by atomic mass is 16.7. The minimum Gasteiger partial charge on any atom is -0.463 e. The van der Waals surface area contributed by atoms with Gasteiger partial charge in [0.2, 0.25) is 0 Å². The Balaban J connectivity index is 3.23. The van der Waals surface area contributed by atoms with Crippen LogP contribution in [0, 0.1) is 0 Å².